The molecule has 136 valence electrons. The van der Waals surface area contributed by atoms with Crippen LogP contribution in [-0.4, -0.2) is 47.5 Å². The highest BCUT2D eigenvalue weighted by Crippen LogP contribution is 2.21. The molecule has 1 aromatic carbocycles. The van der Waals surface area contributed by atoms with Crippen molar-refractivity contribution in [1.29, 1.82) is 0 Å². The number of piperazine rings is 1. The van der Waals surface area contributed by atoms with Gasteiger partial charge in [0.2, 0.25) is 0 Å². The van der Waals surface area contributed by atoms with Crippen LogP contribution >= 0.6 is 11.3 Å². The summed E-state index contributed by atoms with van der Waals surface area (Å²) in [5, 5.41) is 3.14. The second-order valence-corrected chi connectivity index (χ2v) is 8.40. The van der Waals surface area contributed by atoms with Crippen LogP contribution in [0.5, 0.6) is 5.75 Å². The van der Waals surface area contributed by atoms with Gasteiger partial charge in [-0.25, -0.2) is 4.98 Å². The molecule has 3 rings (SSSR count). The van der Waals surface area contributed by atoms with E-state index in [-0.39, 0.29) is 0 Å². The Morgan fingerprint density at radius 2 is 2.00 bits per heavy atom. The van der Waals surface area contributed by atoms with Crippen molar-refractivity contribution in [3.8, 4) is 5.75 Å². The van der Waals surface area contributed by atoms with Gasteiger partial charge in [0.05, 0.1) is 10.7 Å². The second kappa shape index (κ2) is 8.30. The highest BCUT2D eigenvalue weighted by atomic mass is 32.1. The third kappa shape index (κ3) is 5.03. The monoisotopic (exact) mass is 359 g/mol. The number of rotatable bonds is 6. The van der Waals surface area contributed by atoms with Gasteiger partial charge in [-0.2, -0.15) is 0 Å². The van der Waals surface area contributed by atoms with Gasteiger partial charge in [-0.3, -0.25) is 4.90 Å². The number of aryl methyl sites for hydroxylation is 1. The Kier molecular flexibility index (Phi) is 6.10. The number of aromatic nitrogens is 1. The van der Waals surface area contributed by atoms with Crippen LogP contribution in [0.25, 0.3) is 0 Å². The Bertz CT molecular complexity index is 668. The number of likely N-dealkylation sites (N-methyl/N-ethyl adjacent to an activating group) is 1. The van der Waals surface area contributed by atoms with Crippen LogP contribution in [0.2, 0.25) is 0 Å². The molecule has 0 amide bonds. The maximum absolute atomic E-state index is 5.85. The van der Waals surface area contributed by atoms with E-state index in [1.165, 1.54) is 5.56 Å². The van der Waals surface area contributed by atoms with Gasteiger partial charge in [0.1, 0.15) is 12.4 Å². The summed E-state index contributed by atoms with van der Waals surface area (Å²) >= 11 is 1.66. The van der Waals surface area contributed by atoms with Crippen molar-refractivity contribution >= 4 is 11.3 Å². The van der Waals surface area contributed by atoms with Gasteiger partial charge in [-0.1, -0.05) is 26.0 Å². The normalized spacial score (nSPS) is 19.5. The molecule has 1 aliphatic rings. The number of benzene rings is 1. The maximum atomic E-state index is 5.85. The summed E-state index contributed by atoms with van der Waals surface area (Å²) in [6.07, 6.45) is 0. The standard InChI is InChI=1S/C20H29N3OS/c1-15(2)20-12-22(4)9-10-23(20)11-17-5-7-19(8-6-17)24-13-18-14-25-16(3)21-18/h5-8,14-15,20H,9-13H2,1-4H3/t20-/m1/s1. The van der Waals surface area contributed by atoms with Crippen molar-refractivity contribution < 1.29 is 4.74 Å². The predicted molar refractivity (Wildman–Crippen MR) is 104 cm³/mol. The molecule has 1 fully saturated rings. The maximum Gasteiger partial charge on any atom is 0.131 e. The minimum Gasteiger partial charge on any atom is -0.487 e. The largest absolute Gasteiger partial charge is 0.487 e. The fourth-order valence-corrected chi connectivity index (χ4v) is 3.97. The molecular weight excluding hydrogens is 330 g/mol. The molecule has 0 spiro atoms. The molecule has 0 saturated carbocycles. The van der Waals surface area contributed by atoms with E-state index in [0.29, 0.717) is 18.6 Å². The van der Waals surface area contributed by atoms with E-state index in [9.17, 15) is 0 Å². The summed E-state index contributed by atoms with van der Waals surface area (Å²) in [6, 6.07) is 9.17. The molecule has 2 aromatic rings. The van der Waals surface area contributed by atoms with E-state index in [4.69, 9.17) is 4.74 Å². The molecule has 0 radical (unpaired) electrons. The minimum absolute atomic E-state index is 0.539. The van der Waals surface area contributed by atoms with Crippen molar-refractivity contribution in [3.63, 3.8) is 0 Å². The zero-order valence-electron chi connectivity index (χ0n) is 15.7. The average molecular weight is 360 g/mol. The molecule has 25 heavy (non-hydrogen) atoms. The van der Waals surface area contributed by atoms with Crippen LogP contribution in [0.15, 0.2) is 29.6 Å². The molecule has 2 heterocycles. The third-order valence-electron chi connectivity index (χ3n) is 4.87. The fourth-order valence-electron chi connectivity index (χ4n) is 3.38. The number of nitrogens with zero attached hydrogens (tertiary/aromatic N) is 3. The SMILES string of the molecule is Cc1nc(COc2ccc(CN3CCN(C)C[C@@H]3C(C)C)cc2)cs1. The van der Waals surface area contributed by atoms with Gasteiger partial charge >= 0.3 is 0 Å². The van der Waals surface area contributed by atoms with Crippen molar-refractivity contribution in [1.82, 2.24) is 14.8 Å². The van der Waals surface area contributed by atoms with Crippen LogP contribution in [0.4, 0.5) is 0 Å². The van der Waals surface area contributed by atoms with E-state index in [1.54, 1.807) is 11.3 Å². The van der Waals surface area contributed by atoms with Crippen LogP contribution in [0.1, 0.15) is 30.1 Å². The average Bonchev–Trinajstić information content (AvgIpc) is 3.01. The summed E-state index contributed by atoms with van der Waals surface area (Å²) in [4.78, 5) is 9.50. The number of hydrogen-bond donors (Lipinski definition) is 0. The van der Waals surface area contributed by atoms with Crippen molar-refractivity contribution in [3.05, 3.63) is 45.9 Å². The fraction of sp³-hybridized carbons (Fsp3) is 0.550. The van der Waals surface area contributed by atoms with Gasteiger partial charge in [0, 0.05) is 37.6 Å². The lowest BCUT2D eigenvalue weighted by Crippen LogP contribution is -2.53. The number of thiazole rings is 1. The lowest BCUT2D eigenvalue weighted by atomic mass is 9.99. The van der Waals surface area contributed by atoms with Crippen LogP contribution in [-0.2, 0) is 13.2 Å². The molecule has 5 heteroatoms. The van der Waals surface area contributed by atoms with Crippen molar-refractivity contribution in [2.45, 2.75) is 40.0 Å². The first-order valence-electron chi connectivity index (χ1n) is 9.06. The summed E-state index contributed by atoms with van der Waals surface area (Å²) in [7, 11) is 2.22. The van der Waals surface area contributed by atoms with E-state index in [2.05, 4.69) is 65.3 Å². The van der Waals surface area contributed by atoms with Crippen LogP contribution < -0.4 is 4.74 Å². The number of hydrogen-bond acceptors (Lipinski definition) is 5. The first kappa shape index (κ1) is 18.4. The summed E-state index contributed by atoms with van der Waals surface area (Å²) in [5.74, 6) is 1.58. The molecule has 0 N–H and O–H groups in total. The van der Waals surface area contributed by atoms with Gasteiger partial charge in [0.25, 0.3) is 0 Å². The summed E-state index contributed by atoms with van der Waals surface area (Å²) in [5.41, 5.74) is 2.36. The van der Waals surface area contributed by atoms with E-state index in [0.717, 1.165) is 42.6 Å². The molecule has 1 atom stereocenters. The van der Waals surface area contributed by atoms with E-state index in [1.807, 2.05) is 6.92 Å². The molecule has 1 aliphatic heterocycles. The Labute approximate surface area is 155 Å². The summed E-state index contributed by atoms with van der Waals surface area (Å²) in [6.45, 7) is 11.7. The lowest BCUT2D eigenvalue weighted by Gasteiger charge is -2.42. The highest BCUT2D eigenvalue weighted by molar-refractivity contribution is 7.09. The quantitative estimate of drug-likeness (QED) is 0.784. The molecule has 0 aliphatic carbocycles. The Morgan fingerprint density at radius 3 is 2.64 bits per heavy atom. The Balaban J connectivity index is 1.56. The van der Waals surface area contributed by atoms with Gasteiger partial charge in [-0.15, -0.1) is 11.3 Å². The van der Waals surface area contributed by atoms with Crippen LogP contribution in [0, 0.1) is 12.8 Å². The first-order chi connectivity index (χ1) is 12.0. The Morgan fingerprint density at radius 1 is 1.24 bits per heavy atom. The zero-order valence-corrected chi connectivity index (χ0v) is 16.6. The van der Waals surface area contributed by atoms with Crippen molar-refractivity contribution in [2.24, 2.45) is 5.92 Å². The van der Waals surface area contributed by atoms with Gasteiger partial charge < -0.3 is 9.64 Å². The van der Waals surface area contributed by atoms with Crippen LogP contribution in [0.3, 0.4) is 0 Å². The van der Waals surface area contributed by atoms with E-state index < -0.39 is 0 Å². The second-order valence-electron chi connectivity index (χ2n) is 7.33. The molecule has 4 nitrogen and oxygen atoms in total. The predicted octanol–water partition coefficient (Wildman–Crippen LogP) is 3.80. The highest BCUT2D eigenvalue weighted by Gasteiger charge is 2.27. The lowest BCUT2D eigenvalue weighted by molar-refractivity contribution is 0.0571. The molecule has 0 unspecified atom stereocenters. The van der Waals surface area contributed by atoms with Gasteiger partial charge in [-0.05, 0) is 37.6 Å². The molecule has 1 saturated heterocycles. The first-order valence-corrected chi connectivity index (χ1v) is 9.94. The van der Waals surface area contributed by atoms with Gasteiger partial charge in [0.15, 0.2) is 0 Å². The number of ether oxygens (including phenoxy) is 1. The van der Waals surface area contributed by atoms with Crippen molar-refractivity contribution in [2.75, 3.05) is 26.7 Å². The minimum atomic E-state index is 0.539. The smallest absolute Gasteiger partial charge is 0.131 e. The molecular formula is C20H29N3OS. The zero-order chi connectivity index (χ0) is 17.8. The molecule has 1 aromatic heterocycles. The molecule has 0 bridgehead atoms. The topological polar surface area (TPSA) is 28.6 Å². The third-order valence-corrected chi connectivity index (χ3v) is 5.69. The summed E-state index contributed by atoms with van der Waals surface area (Å²) < 4.78 is 5.85. The van der Waals surface area contributed by atoms with E-state index >= 15 is 0 Å². The Hall–Kier alpha value is -1.43.